The molecule has 0 aliphatic heterocycles. The van der Waals surface area contributed by atoms with Gasteiger partial charge in [-0.3, -0.25) is 14.4 Å². The molecule has 0 fully saturated rings. The molecule has 0 radical (unpaired) electrons. The van der Waals surface area contributed by atoms with E-state index in [1.807, 2.05) is 6.07 Å². The van der Waals surface area contributed by atoms with Crippen molar-refractivity contribution in [1.29, 1.82) is 5.26 Å². The van der Waals surface area contributed by atoms with E-state index < -0.39 is 17.3 Å². The SMILES string of the molecule is N#C[C@H](C(=O)c1cc(Cl)[nH]c(=O)c1)c1nc2sc3c(c2c(=O)[nH]1)CCCC3. The number of carbonyl (C=O) groups excluding carboxylic acids is 1. The van der Waals surface area contributed by atoms with E-state index in [4.69, 9.17) is 11.6 Å². The number of hydrogen-bond donors (Lipinski definition) is 2. The zero-order valence-electron chi connectivity index (χ0n) is 14.0. The van der Waals surface area contributed by atoms with Crippen molar-refractivity contribution in [2.45, 2.75) is 31.6 Å². The van der Waals surface area contributed by atoms with Crippen LogP contribution in [0.4, 0.5) is 0 Å². The summed E-state index contributed by atoms with van der Waals surface area (Å²) < 4.78 is 0. The summed E-state index contributed by atoms with van der Waals surface area (Å²) in [7, 11) is 0. The number of carbonyl (C=O) groups is 1. The fourth-order valence-electron chi connectivity index (χ4n) is 3.38. The first-order chi connectivity index (χ1) is 13.0. The second-order valence-electron chi connectivity index (χ2n) is 6.35. The van der Waals surface area contributed by atoms with Crippen LogP contribution in [0.25, 0.3) is 10.2 Å². The molecular formula is C18H13ClN4O3S. The van der Waals surface area contributed by atoms with Gasteiger partial charge in [-0.05, 0) is 37.3 Å². The van der Waals surface area contributed by atoms with E-state index in [2.05, 4.69) is 15.0 Å². The van der Waals surface area contributed by atoms with Crippen molar-refractivity contribution < 1.29 is 4.79 Å². The number of aryl methyl sites for hydroxylation is 2. The first-order valence-electron chi connectivity index (χ1n) is 8.36. The Bertz CT molecular complexity index is 1230. The predicted molar refractivity (Wildman–Crippen MR) is 102 cm³/mol. The van der Waals surface area contributed by atoms with E-state index in [1.165, 1.54) is 17.4 Å². The van der Waals surface area contributed by atoms with Crippen LogP contribution in [0.1, 0.15) is 45.4 Å². The van der Waals surface area contributed by atoms with Gasteiger partial charge in [0.25, 0.3) is 5.56 Å². The minimum absolute atomic E-state index is 0.00891. The summed E-state index contributed by atoms with van der Waals surface area (Å²) in [5.41, 5.74) is 0.128. The van der Waals surface area contributed by atoms with Crippen LogP contribution < -0.4 is 11.1 Å². The van der Waals surface area contributed by atoms with Gasteiger partial charge in [0.15, 0.2) is 11.7 Å². The number of aromatic amines is 2. The lowest BCUT2D eigenvalue weighted by Gasteiger charge is -2.10. The highest BCUT2D eigenvalue weighted by molar-refractivity contribution is 7.18. The van der Waals surface area contributed by atoms with E-state index in [9.17, 15) is 19.6 Å². The van der Waals surface area contributed by atoms with Crippen LogP contribution in [0.15, 0.2) is 21.7 Å². The molecule has 1 atom stereocenters. The number of pyridine rings is 1. The second-order valence-corrected chi connectivity index (χ2v) is 7.84. The van der Waals surface area contributed by atoms with E-state index in [0.717, 1.165) is 42.2 Å². The smallest absolute Gasteiger partial charge is 0.259 e. The van der Waals surface area contributed by atoms with E-state index in [-0.39, 0.29) is 22.1 Å². The van der Waals surface area contributed by atoms with Gasteiger partial charge in [-0.2, -0.15) is 5.26 Å². The summed E-state index contributed by atoms with van der Waals surface area (Å²) in [5, 5.41) is 10.1. The number of rotatable bonds is 3. The molecule has 1 aliphatic rings. The number of nitriles is 1. The second kappa shape index (κ2) is 6.76. The number of hydrogen-bond acceptors (Lipinski definition) is 6. The fraction of sp³-hybridized carbons (Fsp3) is 0.278. The van der Waals surface area contributed by atoms with Crippen molar-refractivity contribution in [1.82, 2.24) is 15.0 Å². The molecule has 1 aliphatic carbocycles. The van der Waals surface area contributed by atoms with Gasteiger partial charge in [-0.25, -0.2) is 4.98 Å². The maximum Gasteiger partial charge on any atom is 0.259 e. The fourth-order valence-corrected chi connectivity index (χ4v) is 4.86. The molecule has 0 bridgehead atoms. The van der Waals surface area contributed by atoms with Gasteiger partial charge in [0.2, 0.25) is 5.56 Å². The number of halogens is 1. The third kappa shape index (κ3) is 3.09. The number of nitrogens with one attached hydrogen (secondary N) is 2. The minimum atomic E-state index is -1.33. The number of nitrogens with zero attached hydrogens (tertiary/aromatic N) is 2. The summed E-state index contributed by atoms with van der Waals surface area (Å²) >= 11 is 7.23. The van der Waals surface area contributed by atoms with Gasteiger partial charge in [-0.15, -0.1) is 11.3 Å². The number of fused-ring (bicyclic) bond motifs is 3. The lowest BCUT2D eigenvalue weighted by molar-refractivity contribution is 0.0976. The number of thiophene rings is 1. The average Bonchev–Trinajstić information content (AvgIpc) is 3.00. The van der Waals surface area contributed by atoms with Gasteiger partial charge in [-0.1, -0.05) is 11.6 Å². The highest BCUT2D eigenvalue weighted by Gasteiger charge is 2.27. The first kappa shape index (κ1) is 17.6. The Kier molecular flexibility index (Phi) is 4.42. The predicted octanol–water partition coefficient (Wildman–Crippen LogP) is 2.70. The van der Waals surface area contributed by atoms with Crippen molar-refractivity contribution in [2.24, 2.45) is 0 Å². The van der Waals surface area contributed by atoms with Gasteiger partial charge in [0, 0.05) is 16.5 Å². The van der Waals surface area contributed by atoms with Crippen molar-refractivity contribution >= 4 is 38.9 Å². The van der Waals surface area contributed by atoms with Gasteiger partial charge >= 0.3 is 0 Å². The standard InChI is InChI=1S/C18H13ClN4O3S/c19-12-5-8(6-13(24)21-12)15(25)10(7-20)16-22-17(26)14-9-3-1-2-4-11(9)27-18(14)23-16/h5-6,10H,1-4H2,(H,21,24)(H,22,23,26)/t10-/m1/s1. The number of H-pyrrole nitrogens is 2. The van der Waals surface area contributed by atoms with E-state index in [0.29, 0.717) is 10.2 Å². The number of ketones is 1. The highest BCUT2D eigenvalue weighted by Crippen LogP contribution is 2.34. The van der Waals surface area contributed by atoms with Gasteiger partial charge in [0.1, 0.15) is 15.8 Å². The van der Waals surface area contributed by atoms with Crippen molar-refractivity contribution in [3.05, 3.63) is 59.8 Å². The van der Waals surface area contributed by atoms with Crippen LogP contribution in [-0.4, -0.2) is 20.7 Å². The molecule has 0 unspecified atom stereocenters. The monoisotopic (exact) mass is 400 g/mol. The molecule has 3 aromatic heterocycles. The molecule has 0 aromatic carbocycles. The molecule has 7 nitrogen and oxygen atoms in total. The maximum atomic E-state index is 12.7. The molecule has 27 heavy (non-hydrogen) atoms. The molecular weight excluding hydrogens is 388 g/mol. The Labute approximate surface area is 161 Å². The van der Waals surface area contributed by atoms with Crippen LogP contribution in [0, 0.1) is 11.3 Å². The molecule has 0 saturated heterocycles. The lowest BCUT2D eigenvalue weighted by atomic mass is 9.97. The summed E-state index contributed by atoms with van der Waals surface area (Å²) in [6.45, 7) is 0. The minimum Gasteiger partial charge on any atom is -0.313 e. The normalized spacial score (nSPS) is 14.5. The van der Waals surface area contributed by atoms with Crippen molar-refractivity contribution in [3.8, 4) is 6.07 Å². The zero-order chi connectivity index (χ0) is 19.1. The van der Waals surface area contributed by atoms with Gasteiger partial charge < -0.3 is 9.97 Å². The molecule has 9 heteroatoms. The molecule has 0 amide bonds. The molecule has 3 heterocycles. The van der Waals surface area contributed by atoms with Gasteiger partial charge in [0.05, 0.1) is 11.5 Å². The molecule has 136 valence electrons. The van der Waals surface area contributed by atoms with Crippen LogP contribution in [0.5, 0.6) is 0 Å². The zero-order valence-corrected chi connectivity index (χ0v) is 15.5. The quantitative estimate of drug-likeness (QED) is 0.517. The Morgan fingerprint density at radius 1 is 1.26 bits per heavy atom. The molecule has 3 aromatic rings. The number of Topliss-reactive ketones (excluding diaryl/α,β-unsaturated/α-hetero) is 1. The molecule has 0 saturated carbocycles. The van der Waals surface area contributed by atoms with Crippen LogP contribution in [-0.2, 0) is 12.8 Å². The van der Waals surface area contributed by atoms with E-state index in [1.54, 1.807) is 0 Å². The summed E-state index contributed by atoms with van der Waals surface area (Å²) in [5.74, 6) is -2.00. The Hall–Kier alpha value is -2.76. The summed E-state index contributed by atoms with van der Waals surface area (Å²) in [6, 6.07) is 4.22. The summed E-state index contributed by atoms with van der Waals surface area (Å²) in [6.07, 6.45) is 3.86. The third-order valence-corrected chi connectivity index (χ3v) is 5.99. The third-order valence-electron chi connectivity index (χ3n) is 4.60. The lowest BCUT2D eigenvalue weighted by Crippen LogP contribution is -2.21. The van der Waals surface area contributed by atoms with Crippen molar-refractivity contribution in [2.75, 3.05) is 0 Å². The molecule has 4 rings (SSSR count). The van der Waals surface area contributed by atoms with Crippen LogP contribution in [0.3, 0.4) is 0 Å². The Morgan fingerprint density at radius 2 is 2.04 bits per heavy atom. The highest BCUT2D eigenvalue weighted by atomic mass is 35.5. The number of aromatic nitrogens is 3. The van der Waals surface area contributed by atoms with Crippen LogP contribution in [0.2, 0.25) is 5.15 Å². The average molecular weight is 401 g/mol. The summed E-state index contributed by atoms with van der Waals surface area (Å²) in [4.78, 5) is 47.9. The topological polar surface area (TPSA) is 119 Å². The van der Waals surface area contributed by atoms with E-state index >= 15 is 0 Å². The first-order valence-corrected chi connectivity index (χ1v) is 9.55. The maximum absolute atomic E-state index is 12.7. The van der Waals surface area contributed by atoms with Crippen LogP contribution >= 0.6 is 22.9 Å². The Morgan fingerprint density at radius 3 is 2.78 bits per heavy atom. The van der Waals surface area contributed by atoms with Crippen molar-refractivity contribution in [3.63, 3.8) is 0 Å². The molecule has 0 spiro atoms. The Balaban J connectivity index is 1.82. The largest absolute Gasteiger partial charge is 0.313 e. The molecule has 2 N–H and O–H groups in total.